The number of hydrogen-bond acceptors (Lipinski definition) is 4. The molecule has 0 spiro atoms. The Morgan fingerprint density at radius 3 is 3.12 bits per heavy atom. The van der Waals surface area contributed by atoms with Gasteiger partial charge in [0.15, 0.2) is 6.79 Å². The lowest BCUT2D eigenvalue weighted by Crippen LogP contribution is -2.21. The van der Waals surface area contributed by atoms with Gasteiger partial charge in [-0.1, -0.05) is 15.9 Å². The maximum Gasteiger partial charge on any atom is 0.189 e. The minimum atomic E-state index is -0.570. The molecule has 1 aliphatic rings. The minimum Gasteiger partial charge on any atom is -0.467 e. The Labute approximate surface area is 103 Å². The number of fused-ring (bicyclic) bond motifs is 1. The molecule has 0 radical (unpaired) electrons. The van der Waals surface area contributed by atoms with Gasteiger partial charge in [0.1, 0.15) is 5.75 Å². The van der Waals surface area contributed by atoms with E-state index < -0.39 is 6.10 Å². The maximum atomic E-state index is 10.1. The average Bonchev–Trinajstić information content (AvgIpc) is 2.29. The van der Waals surface area contributed by atoms with E-state index in [0.717, 1.165) is 21.3 Å². The van der Waals surface area contributed by atoms with Gasteiger partial charge in [0.05, 0.1) is 12.7 Å². The summed E-state index contributed by atoms with van der Waals surface area (Å²) in [5.74, 6) is 0.791. The van der Waals surface area contributed by atoms with Crippen molar-refractivity contribution < 1.29 is 14.6 Å². The van der Waals surface area contributed by atoms with Gasteiger partial charge in [-0.25, -0.2) is 0 Å². The van der Waals surface area contributed by atoms with Gasteiger partial charge < -0.3 is 19.9 Å². The molecule has 0 fully saturated rings. The zero-order valence-electron chi connectivity index (χ0n) is 9.00. The predicted molar refractivity (Wildman–Crippen MR) is 63.3 cm³/mol. The number of nitrogens with one attached hydrogen (secondary N) is 1. The number of halogens is 1. The Bertz CT molecular complexity index is 384. The Hall–Kier alpha value is -0.620. The number of aliphatic hydroxyl groups excluding tert-OH is 1. The van der Waals surface area contributed by atoms with Crippen molar-refractivity contribution in [2.75, 3.05) is 20.4 Å². The van der Waals surface area contributed by atoms with Crippen LogP contribution in [0.15, 0.2) is 16.6 Å². The third-order valence-corrected chi connectivity index (χ3v) is 3.23. The Balaban J connectivity index is 2.41. The fourth-order valence-corrected chi connectivity index (χ4v) is 2.44. The molecule has 2 N–H and O–H groups in total. The first-order valence-electron chi connectivity index (χ1n) is 5.08. The number of benzene rings is 1. The van der Waals surface area contributed by atoms with E-state index in [0.29, 0.717) is 13.2 Å². The molecule has 2 rings (SSSR count). The van der Waals surface area contributed by atoms with Gasteiger partial charge in [-0.15, -0.1) is 0 Å². The van der Waals surface area contributed by atoms with Crippen LogP contribution in [-0.2, 0) is 11.3 Å². The lowest BCUT2D eigenvalue weighted by Gasteiger charge is -2.23. The lowest BCUT2D eigenvalue weighted by atomic mass is 10.0. The molecule has 0 amide bonds. The summed E-state index contributed by atoms with van der Waals surface area (Å²) in [6.07, 6.45) is -0.570. The summed E-state index contributed by atoms with van der Waals surface area (Å²) in [6, 6.07) is 3.77. The molecule has 1 heterocycles. The highest BCUT2D eigenvalue weighted by Gasteiger charge is 2.21. The largest absolute Gasteiger partial charge is 0.467 e. The normalized spacial score (nSPS) is 16.4. The van der Waals surface area contributed by atoms with E-state index in [-0.39, 0.29) is 6.79 Å². The molecular formula is C11H14BrNO3. The van der Waals surface area contributed by atoms with E-state index in [2.05, 4.69) is 21.2 Å². The van der Waals surface area contributed by atoms with Crippen molar-refractivity contribution in [2.45, 2.75) is 12.7 Å². The smallest absolute Gasteiger partial charge is 0.189 e. The van der Waals surface area contributed by atoms with Gasteiger partial charge >= 0.3 is 0 Å². The maximum absolute atomic E-state index is 10.1. The van der Waals surface area contributed by atoms with Crippen LogP contribution in [-0.4, -0.2) is 25.5 Å². The quantitative estimate of drug-likeness (QED) is 0.886. The summed E-state index contributed by atoms with van der Waals surface area (Å²) in [5.41, 5.74) is 1.76. The van der Waals surface area contributed by atoms with E-state index in [1.807, 2.05) is 12.1 Å². The van der Waals surface area contributed by atoms with E-state index in [4.69, 9.17) is 9.47 Å². The van der Waals surface area contributed by atoms with Gasteiger partial charge in [-0.2, -0.15) is 0 Å². The van der Waals surface area contributed by atoms with Crippen LogP contribution in [0.1, 0.15) is 17.2 Å². The minimum absolute atomic E-state index is 0.274. The Morgan fingerprint density at radius 2 is 2.38 bits per heavy atom. The molecule has 0 aromatic heterocycles. The summed E-state index contributed by atoms with van der Waals surface area (Å²) < 4.78 is 11.5. The van der Waals surface area contributed by atoms with Gasteiger partial charge in [-0.3, -0.25) is 0 Å². The predicted octanol–water partition coefficient (Wildman–Crippen LogP) is 1.57. The Kier molecular flexibility index (Phi) is 3.81. The second-order valence-electron chi connectivity index (χ2n) is 3.62. The van der Waals surface area contributed by atoms with Crippen LogP contribution < -0.4 is 10.1 Å². The van der Waals surface area contributed by atoms with Crippen LogP contribution in [0.2, 0.25) is 0 Å². The third kappa shape index (κ3) is 2.22. The van der Waals surface area contributed by atoms with Crippen molar-refractivity contribution in [3.63, 3.8) is 0 Å². The third-order valence-electron chi connectivity index (χ3n) is 2.54. The van der Waals surface area contributed by atoms with Gasteiger partial charge in [-0.05, 0) is 19.2 Å². The first-order valence-corrected chi connectivity index (χ1v) is 5.88. The number of hydrogen-bond donors (Lipinski definition) is 2. The summed E-state index contributed by atoms with van der Waals surface area (Å²) in [6.45, 7) is 1.25. The topological polar surface area (TPSA) is 50.7 Å². The second kappa shape index (κ2) is 5.14. The number of rotatable bonds is 3. The second-order valence-corrected chi connectivity index (χ2v) is 4.48. The summed E-state index contributed by atoms with van der Waals surface area (Å²) >= 11 is 3.45. The molecule has 16 heavy (non-hydrogen) atoms. The molecule has 0 aliphatic carbocycles. The molecule has 0 saturated heterocycles. The van der Waals surface area contributed by atoms with Crippen LogP contribution >= 0.6 is 15.9 Å². The fraction of sp³-hybridized carbons (Fsp3) is 0.455. The van der Waals surface area contributed by atoms with Gasteiger partial charge in [0, 0.05) is 22.1 Å². The summed E-state index contributed by atoms with van der Waals surface area (Å²) in [5, 5.41) is 13.0. The molecule has 5 heteroatoms. The van der Waals surface area contributed by atoms with Crippen molar-refractivity contribution >= 4 is 15.9 Å². The highest BCUT2D eigenvalue weighted by Crippen LogP contribution is 2.35. The molecule has 0 saturated carbocycles. The van der Waals surface area contributed by atoms with Crippen molar-refractivity contribution in [3.8, 4) is 5.75 Å². The fourth-order valence-electron chi connectivity index (χ4n) is 1.80. The number of likely N-dealkylation sites (N-methyl/N-ethyl adjacent to an activating group) is 1. The van der Waals surface area contributed by atoms with Crippen LogP contribution in [0.3, 0.4) is 0 Å². The molecule has 1 unspecified atom stereocenters. The summed E-state index contributed by atoms with van der Waals surface area (Å²) in [7, 11) is 1.81. The van der Waals surface area contributed by atoms with Gasteiger partial charge in [0.2, 0.25) is 0 Å². The molecular weight excluding hydrogens is 274 g/mol. The van der Waals surface area contributed by atoms with Crippen LogP contribution in [0.4, 0.5) is 0 Å². The highest BCUT2D eigenvalue weighted by atomic mass is 79.9. The zero-order chi connectivity index (χ0) is 11.5. The van der Waals surface area contributed by atoms with E-state index in [9.17, 15) is 5.11 Å². The molecule has 0 bridgehead atoms. The monoisotopic (exact) mass is 287 g/mol. The van der Waals surface area contributed by atoms with E-state index >= 15 is 0 Å². The van der Waals surface area contributed by atoms with Crippen molar-refractivity contribution in [3.05, 3.63) is 27.7 Å². The molecule has 1 aromatic rings. The SMILES string of the molecule is CNCC(O)c1c(Br)ccc2c1COCO2. The lowest BCUT2D eigenvalue weighted by molar-refractivity contribution is -0.0180. The first-order chi connectivity index (χ1) is 7.74. The molecule has 88 valence electrons. The van der Waals surface area contributed by atoms with Crippen molar-refractivity contribution in [1.82, 2.24) is 5.32 Å². The molecule has 1 atom stereocenters. The van der Waals surface area contributed by atoms with Crippen molar-refractivity contribution in [2.24, 2.45) is 0 Å². The van der Waals surface area contributed by atoms with Gasteiger partial charge in [0.25, 0.3) is 0 Å². The Morgan fingerprint density at radius 1 is 1.56 bits per heavy atom. The first kappa shape index (κ1) is 11.9. The molecule has 1 aromatic carbocycles. The highest BCUT2D eigenvalue weighted by molar-refractivity contribution is 9.10. The molecule has 1 aliphatic heterocycles. The van der Waals surface area contributed by atoms with Crippen LogP contribution in [0.25, 0.3) is 0 Å². The average molecular weight is 288 g/mol. The van der Waals surface area contributed by atoms with Crippen LogP contribution in [0.5, 0.6) is 5.75 Å². The molecule has 4 nitrogen and oxygen atoms in total. The van der Waals surface area contributed by atoms with E-state index in [1.54, 1.807) is 7.05 Å². The van der Waals surface area contributed by atoms with E-state index in [1.165, 1.54) is 0 Å². The number of ether oxygens (including phenoxy) is 2. The van der Waals surface area contributed by atoms with Crippen LogP contribution in [0, 0.1) is 0 Å². The summed E-state index contributed by atoms with van der Waals surface area (Å²) in [4.78, 5) is 0. The van der Waals surface area contributed by atoms with Crippen molar-refractivity contribution in [1.29, 1.82) is 0 Å². The number of aliphatic hydroxyl groups is 1. The standard InChI is InChI=1S/C11H14BrNO3/c1-13-4-9(14)11-7-5-15-6-16-10(7)3-2-8(11)12/h2-3,9,13-14H,4-6H2,1H3. The zero-order valence-corrected chi connectivity index (χ0v) is 10.6.